The van der Waals surface area contributed by atoms with E-state index in [-0.39, 0.29) is 17.1 Å². The van der Waals surface area contributed by atoms with E-state index in [4.69, 9.17) is 0 Å². The molecule has 2 aromatic carbocycles. The molecule has 0 saturated carbocycles. The number of alkyl halides is 3. The van der Waals surface area contributed by atoms with Crippen LogP contribution in [0, 0.1) is 0 Å². The fraction of sp³-hybridized carbons (Fsp3) is 0.280. The molecule has 33 heavy (non-hydrogen) atoms. The lowest BCUT2D eigenvalue weighted by Gasteiger charge is -2.16. The number of aryl methyl sites for hydroxylation is 1. The highest BCUT2D eigenvalue weighted by Crippen LogP contribution is 2.35. The smallest absolute Gasteiger partial charge is 0.405 e. The average molecular weight is 457 g/mol. The third kappa shape index (κ3) is 6.25. The van der Waals surface area contributed by atoms with Gasteiger partial charge in [-0.2, -0.15) is 0 Å². The third-order valence-corrected chi connectivity index (χ3v) is 4.87. The van der Waals surface area contributed by atoms with Gasteiger partial charge in [0.1, 0.15) is 11.6 Å². The highest BCUT2D eigenvalue weighted by atomic mass is 19.4. The summed E-state index contributed by atoms with van der Waals surface area (Å²) in [5.74, 6) is 0.225. The van der Waals surface area contributed by atoms with Crippen LogP contribution in [0.3, 0.4) is 0 Å². The molecule has 0 aliphatic rings. The Labute approximate surface area is 191 Å². The van der Waals surface area contributed by atoms with Gasteiger partial charge in [-0.1, -0.05) is 44.7 Å². The van der Waals surface area contributed by atoms with Crippen LogP contribution in [0.25, 0.3) is 22.3 Å². The molecule has 1 aromatic heterocycles. The second kappa shape index (κ2) is 10.4. The molecule has 0 bridgehead atoms. The standard InChI is InChI=1S/C25H27F3N4O/c1-5-14-29-16(3)15-17(4)30-24-20-12-9-10-18(6-2)22(20)31-23(32-24)19-11-7-8-13-21(19)33-25(26,27)28/h7-13,15,29H,4-6,14H2,1-3H3,(H,30,31,32)/b16-15-. The first-order valence-corrected chi connectivity index (χ1v) is 10.7. The number of aromatic nitrogens is 2. The van der Waals surface area contributed by atoms with E-state index in [0.29, 0.717) is 23.5 Å². The molecule has 0 saturated heterocycles. The first kappa shape index (κ1) is 24.1. The molecule has 0 atom stereocenters. The summed E-state index contributed by atoms with van der Waals surface area (Å²) < 4.78 is 43.1. The number of nitrogens with zero attached hydrogens (tertiary/aromatic N) is 2. The minimum Gasteiger partial charge on any atom is -0.405 e. The number of fused-ring (bicyclic) bond motifs is 1. The number of allylic oxidation sites excluding steroid dienone is 2. The summed E-state index contributed by atoms with van der Waals surface area (Å²) in [5, 5.41) is 7.22. The van der Waals surface area contributed by atoms with E-state index in [1.807, 2.05) is 38.1 Å². The summed E-state index contributed by atoms with van der Waals surface area (Å²) in [6.45, 7) is 10.9. The Morgan fingerprint density at radius 2 is 1.85 bits per heavy atom. The van der Waals surface area contributed by atoms with Crippen molar-refractivity contribution in [1.82, 2.24) is 15.3 Å². The number of ether oxygens (including phenoxy) is 1. The fourth-order valence-electron chi connectivity index (χ4n) is 3.40. The Morgan fingerprint density at radius 1 is 1.09 bits per heavy atom. The van der Waals surface area contributed by atoms with E-state index in [1.54, 1.807) is 6.07 Å². The Bertz CT molecular complexity index is 1170. The van der Waals surface area contributed by atoms with Crippen molar-refractivity contribution in [2.75, 3.05) is 11.9 Å². The fourth-order valence-corrected chi connectivity index (χ4v) is 3.40. The Hall–Kier alpha value is -3.55. The second-order valence-electron chi connectivity index (χ2n) is 7.51. The maximum atomic E-state index is 13.0. The first-order chi connectivity index (χ1) is 15.7. The molecule has 0 aliphatic heterocycles. The van der Waals surface area contributed by atoms with Gasteiger partial charge in [-0.15, -0.1) is 13.2 Å². The molecule has 1 heterocycles. The highest BCUT2D eigenvalue weighted by molar-refractivity contribution is 5.93. The molecule has 8 heteroatoms. The molecule has 2 N–H and O–H groups in total. The Kier molecular flexibility index (Phi) is 7.58. The van der Waals surface area contributed by atoms with Crippen molar-refractivity contribution in [3.05, 3.63) is 72.1 Å². The van der Waals surface area contributed by atoms with Crippen LogP contribution >= 0.6 is 0 Å². The van der Waals surface area contributed by atoms with Crippen molar-refractivity contribution >= 4 is 16.7 Å². The van der Waals surface area contributed by atoms with Gasteiger partial charge in [0.25, 0.3) is 0 Å². The molecule has 0 fully saturated rings. The van der Waals surface area contributed by atoms with Gasteiger partial charge in [-0.3, -0.25) is 0 Å². The van der Waals surface area contributed by atoms with Gasteiger partial charge < -0.3 is 15.4 Å². The lowest BCUT2D eigenvalue weighted by Crippen LogP contribution is -2.17. The molecule has 0 spiro atoms. The van der Waals surface area contributed by atoms with Crippen LogP contribution in [0.15, 0.2) is 66.5 Å². The first-order valence-electron chi connectivity index (χ1n) is 10.7. The zero-order valence-electron chi connectivity index (χ0n) is 18.9. The van der Waals surface area contributed by atoms with Gasteiger partial charge in [-0.25, -0.2) is 9.97 Å². The lowest BCUT2D eigenvalue weighted by atomic mass is 10.1. The zero-order valence-corrected chi connectivity index (χ0v) is 18.9. The van der Waals surface area contributed by atoms with Crippen LogP contribution in [0.4, 0.5) is 19.0 Å². The quantitative estimate of drug-likeness (QED) is 0.356. The molecule has 0 unspecified atom stereocenters. The number of hydrogen-bond donors (Lipinski definition) is 2. The Balaban J connectivity index is 2.11. The van der Waals surface area contributed by atoms with E-state index in [9.17, 15) is 13.2 Å². The van der Waals surface area contributed by atoms with Gasteiger partial charge in [0.15, 0.2) is 5.82 Å². The van der Waals surface area contributed by atoms with Crippen molar-refractivity contribution < 1.29 is 17.9 Å². The van der Waals surface area contributed by atoms with Gasteiger partial charge in [0.05, 0.1) is 11.1 Å². The number of hydrogen-bond acceptors (Lipinski definition) is 5. The topological polar surface area (TPSA) is 59.1 Å². The lowest BCUT2D eigenvalue weighted by molar-refractivity contribution is -0.274. The molecule has 0 aliphatic carbocycles. The third-order valence-electron chi connectivity index (χ3n) is 4.87. The van der Waals surface area contributed by atoms with E-state index in [1.165, 1.54) is 18.2 Å². The highest BCUT2D eigenvalue weighted by Gasteiger charge is 2.32. The van der Waals surface area contributed by atoms with Crippen molar-refractivity contribution in [1.29, 1.82) is 0 Å². The summed E-state index contributed by atoms with van der Waals surface area (Å²) in [6.07, 6.45) is -1.28. The SMILES string of the molecule is C=C(/C=C(/C)NCCC)Nc1nc(-c2ccccc2OC(F)(F)F)nc2c(CC)cccc12. The van der Waals surface area contributed by atoms with Crippen LogP contribution < -0.4 is 15.4 Å². The zero-order chi connectivity index (χ0) is 24.0. The number of nitrogens with one attached hydrogen (secondary N) is 2. The molecule has 3 aromatic rings. The summed E-state index contributed by atoms with van der Waals surface area (Å²) in [7, 11) is 0. The summed E-state index contributed by atoms with van der Waals surface area (Å²) >= 11 is 0. The summed E-state index contributed by atoms with van der Waals surface area (Å²) in [4.78, 5) is 9.19. The molecule has 3 rings (SSSR count). The van der Waals surface area contributed by atoms with Crippen molar-refractivity contribution in [2.24, 2.45) is 0 Å². The van der Waals surface area contributed by atoms with Gasteiger partial charge >= 0.3 is 6.36 Å². The van der Waals surface area contributed by atoms with Gasteiger partial charge in [-0.05, 0) is 49.6 Å². The largest absolute Gasteiger partial charge is 0.573 e. The number of benzene rings is 2. The summed E-state index contributed by atoms with van der Waals surface area (Å²) in [6, 6.07) is 11.6. The normalized spacial score (nSPS) is 12.0. The van der Waals surface area contributed by atoms with Crippen LogP contribution in [0.2, 0.25) is 0 Å². The number of anilines is 1. The predicted octanol–water partition coefficient (Wildman–Crippen LogP) is 6.59. The minimum absolute atomic E-state index is 0.128. The van der Waals surface area contributed by atoms with E-state index in [0.717, 1.165) is 29.6 Å². The minimum atomic E-state index is -4.83. The van der Waals surface area contributed by atoms with E-state index in [2.05, 4.69) is 38.8 Å². The van der Waals surface area contributed by atoms with Crippen LogP contribution in [0.1, 0.15) is 32.8 Å². The maximum absolute atomic E-state index is 13.0. The van der Waals surface area contributed by atoms with Crippen molar-refractivity contribution in [2.45, 2.75) is 40.0 Å². The monoisotopic (exact) mass is 456 g/mol. The second-order valence-corrected chi connectivity index (χ2v) is 7.51. The molecular weight excluding hydrogens is 429 g/mol. The Morgan fingerprint density at radius 3 is 2.55 bits per heavy atom. The number of halogens is 3. The van der Waals surface area contributed by atoms with Crippen molar-refractivity contribution in [3.63, 3.8) is 0 Å². The number of rotatable bonds is 9. The van der Waals surface area contributed by atoms with Crippen LogP contribution in [0.5, 0.6) is 5.75 Å². The molecule has 5 nitrogen and oxygen atoms in total. The average Bonchev–Trinajstić information content (AvgIpc) is 2.76. The van der Waals surface area contributed by atoms with E-state index < -0.39 is 6.36 Å². The van der Waals surface area contributed by atoms with Gasteiger partial charge in [0, 0.05) is 23.3 Å². The predicted molar refractivity (Wildman–Crippen MR) is 126 cm³/mol. The molecule has 0 radical (unpaired) electrons. The summed E-state index contributed by atoms with van der Waals surface area (Å²) in [5.41, 5.74) is 3.28. The molecule has 0 amide bonds. The number of para-hydroxylation sites is 2. The van der Waals surface area contributed by atoms with Crippen molar-refractivity contribution in [3.8, 4) is 17.1 Å². The van der Waals surface area contributed by atoms with E-state index >= 15 is 0 Å². The maximum Gasteiger partial charge on any atom is 0.573 e. The van der Waals surface area contributed by atoms with Crippen LogP contribution in [-0.2, 0) is 6.42 Å². The molecular formula is C25H27F3N4O. The van der Waals surface area contributed by atoms with Gasteiger partial charge in [0.2, 0.25) is 0 Å². The molecule has 174 valence electrons. The van der Waals surface area contributed by atoms with Crippen LogP contribution in [-0.4, -0.2) is 22.9 Å².